The number of aromatic nitrogens is 3. The van der Waals surface area contributed by atoms with E-state index in [2.05, 4.69) is 48.4 Å². The number of aryl methyl sites for hydroxylation is 1. The maximum Gasteiger partial charge on any atom is 0.234 e. The van der Waals surface area contributed by atoms with Crippen molar-refractivity contribution in [3.8, 4) is 0 Å². The van der Waals surface area contributed by atoms with Crippen LogP contribution in [0.4, 0.5) is 5.69 Å². The number of hydrogen-bond donors (Lipinski definition) is 1. The van der Waals surface area contributed by atoms with E-state index >= 15 is 0 Å². The van der Waals surface area contributed by atoms with Crippen molar-refractivity contribution in [1.29, 1.82) is 0 Å². The number of benzene rings is 1. The highest BCUT2D eigenvalue weighted by Crippen LogP contribution is 2.19. The zero-order valence-electron chi connectivity index (χ0n) is 14.9. The van der Waals surface area contributed by atoms with Crippen LogP contribution in [0.2, 0.25) is 0 Å². The average Bonchev–Trinajstić information content (AvgIpc) is 2.91. The number of carbonyl (C=O) groups excluding carboxylic acids is 1. The predicted octanol–water partition coefficient (Wildman–Crippen LogP) is 4.01. The normalized spacial score (nSPS) is 11.0. The molecule has 0 saturated carbocycles. The summed E-state index contributed by atoms with van der Waals surface area (Å²) < 4.78 is 1.98. The van der Waals surface area contributed by atoms with E-state index in [0.717, 1.165) is 35.9 Å². The second kappa shape index (κ2) is 8.87. The van der Waals surface area contributed by atoms with Gasteiger partial charge in [0.15, 0.2) is 5.16 Å². The maximum absolute atomic E-state index is 12.1. The molecule has 1 aromatic carbocycles. The lowest BCUT2D eigenvalue weighted by atomic mass is 10.0. The SMILES string of the molecule is CCCCc1nnc(SCC(=O)Nc2ccc(C(C)C)cc2)n1C. The Kier molecular flexibility index (Phi) is 6.85. The minimum absolute atomic E-state index is 0.0320. The monoisotopic (exact) mass is 346 g/mol. The van der Waals surface area contributed by atoms with E-state index < -0.39 is 0 Å². The first-order chi connectivity index (χ1) is 11.5. The highest BCUT2D eigenvalue weighted by atomic mass is 32.2. The molecule has 130 valence electrons. The van der Waals surface area contributed by atoms with Crippen LogP contribution in [0.3, 0.4) is 0 Å². The van der Waals surface area contributed by atoms with E-state index in [4.69, 9.17) is 0 Å². The lowest BCUT2D eigenvalue weighted by Crippen LogP contribution is -2.14. The lowest BCUT2D eigenvalue weighted by Gasteiger charge is -2.08. The average molecular weight is 347 g/mol. The molecule has 0 atom stereocenters. The number of anilines is 1. The summed E-state index contributed by atoms with van der Waals surface area (Å²) in [5.41, 5.74) is 2.09. The van der Waals surface area contributed by atoms with E-state index in [1.807, 2.05) is 23.7 Å². The molecule has 0 saturated heterocycles. The van der Waals surface area contributed by atoms with Crippen molar-refractivity contribution in [2.45, 2.75) is 51.1 Å². The van der Waals surface area contributed by atoms with Gasteiger partial charge in [-0.1, -0.05) is 51.1 Å². The van der Waals surface area contributed by atoms with Crippen molar-refractivity contribution < 1.29 is 4.79 Å². The molecule has 0 bridgehead atoms. The molecule has 1 heterocycles. The number of nitrogens with one attached hydrogen (secondary N) is 1. The van der Waals surface area contributed by atoms with Gasteiger partial charge in [-0.05, 0) is 30.0 Å². The van der Waals surface area contributed by atoms with Crippen molar-refractivity contribution in [2.75, 3.05) is 11.1 Å². The van der Waals surface area contributed by atoms with Gasteiger partial charge in [0.2, 0.25) is 5.91 Å². The number of amides is 1. The Morgan fingerprint density at radius 3 is 2.58 bits per heavy atom. The van der Waals surface area contributed by atoms with Crippen LogP contribution >= 0.6 is 11.8 Å². The zero-order valence-corrected chi connectivity index (χ0v) is 15.7. The van der Waals surface area contributed by atoms with Crippen LogP contribution in [0.15, 0.2) is 29.4 Å². The summed E-state index contributed by atoms with van der Waals surface area (Å²) in [5, 5.41) is 12.1. The van der Waals surface area contributed by atoms with Crippen LogP contribution in [0.1, 0.15) is 50.9 Å². The predicted molar refractivity (Wildman–Crippen MR) is 99.5 cm³/mol. The molecule has 0 aliphatic heterocycles. The highest BCUT2D eigenvalue weighted by molar-refractivity contribution is 7.99. The van der Waals surface area contributed by atoms with Crippen molar-refractivity contribution >= 4 is 23.4 Å². The molecule has 24 heavy (non-hydrogen) atoms. The molecular weight excluding hydrogens is 320 g/mol. The van der Waals surface area contributed by atoms with E-state index in [9.17, 15) is 4.79 Å². The molecule has 2 rings (SSSR count). The second-order valence-electron chi connectivity index (χ2n) is 6.17. The van der Waals surface area contributed by atoms with Crippen LogP contribution in [0, 0.1) is 0 Å². The Bertz CT molecular complexity index is 664. The molecule has 0 radical (unpaired) electrons. The Morgan fingerprint density at radius 2 is 1.96 bits per heavy atom. The Hall–Kier alpha value is -1.82. The van der Waals surface area contributed by atoms with E-state index in [-0.39, 0.29) is 5.91 Å². The number of rotatable bonds is 8. The third-order valence-corrected chi connectivity index (χ3v) is 4.89. The van der Waals surface area contributed by atoms with Gasteiger partial charge in [0.1, 0.15) is 5.82 Å². The van der Waals surface area contributed by atoms with Crippen LogP contribution in [-0.2, 0) is 18.3 Å². The minimum atomic E-state index is -0.0320. The second-order valence-corrected chi connectivity index (χ2v) is 7.12. The van der Waals surface area contributed by atoms with Gasteiger partial charge in [-0.2, -0.15) is 0 Å². The molecule has 2 aromatic rings. The number of nitrogens with zero attached hydrogens (tertiary/aromatic N) is 3. The van der Waals surface area contributed by atoms with E-state index in [0.29, 0.717) is 11.7 Å². The van der Waals surface area contributed by atoms with Gasteiger partial charge in [0.05, 0.1) is 5.75 Å². The summed E-state index contributed by atoms with van der Waals surface area (Å²) in [6.45, 7) is 6.46. The molecule has 6 heteroatoms. The first-order valence-electron chi connectivity index (χ1n) is 8.42. The summed E-state index contributed by atoms with van der Waals surface area (Å²) >= 11 is 1.41. The van der Waals surface area contributed by atoms with Gasteiger partial charge in [-0.3, -0.25) is 4.79 Å². The van der Waals surface area contributed by atoms with Crippen LogP contribution in [0.25, 0.3) is 0 Å². The summed E-state index contributed by atoms with van der Waals surface area (Å²) in [7, 11) is 1.95. The number of carbonyl (C=O) groups is 1. The molecule has 0 unspecified atom stereocenters. The standard InChI is InChI=1S/C18H26N4OS/c1-5-6-7-16-20-21-18(22(16)4)24-12-17(23)19-15-10-8-14(9-11-15)13(2)3/h8-11,13H,5-7,12H2,1-4H3,(H,19,23). The zero-order chi connectivity index (χ0) is 17.5. The third kappa shape index (κ3) is 5.09. The van der Waals surface area contributed by atoms with E-state index in [1.165, 1.54) is 17.3 Å². The lowest BCUT2D eigenvalue weighted by molar-refractivity contribution is -0.113. The Balaban J connectivity index is 1.86. The van der Waals surface area contributed by atoms with Gasteiger partial charge in [0.25, 0.3) is 0 Å². The Labute approximate surface area is 148 Å². The van der Waals surface area contributed by atoms with Crippen LogP contribution in [0.5, 0.6) is 0 Å². The molecule has 1 aromatic heterocycles. The topological polar surface area (TPSA) is 59.8 Å². The molecule has 1 N–H and O–H groups in total. The quantitative estimate of drug-likeness (QED) is 0.734. The summed E-state index contributed by atoms with van der Waals surface area (Å²) in [4.78, 5) is 12.1. The van der Waals surface area contributed by atoms with Crippen molar-refractivity contribution in [3.05, 3.63) is 35.7 Å². The van der Waals surface area contributed by atoms with Crippen LogP contribution < -0.4 is 5.32 Å². The summed E-state index contributed by atoms with van der Waals surface area (Å²) in [6.07, 6.45) is 3.16. The molecule has 0 aliphatic carbocycles. The fraction of sp³-hybridized carbons (Fsp3) is 0.500. The molecule has 1 amide bonds. The van der Waals surface area contributed by atoms with Gasteiger partial charge in [-0.25, -0.2) is 0 Å². The number of unbranched alkanes of at least 4 members (excludes halogenated alkanes) is 1. The fourth-order valence-electron chi connectivity index (χ4n) is 2.30. The van der Waals surface area contributed by atoms with Crippen LogP contribution in [-0.4, -0.2) is 26.4 Å². The summed E-state index contributed by atoms with van der Waals surface area (Å²) in [5.74, 6) is 1.76. The molecule has 0 aliphatic rings. The Morgan fingerprint density at radius 1 is 1.25 bits per heavy atom. The highest BCUT2D eigenvalue weighted by Gasteiger charge is 2.11. The molecule has 5 nitrogen and oxygen atoms in total. The maximum atomic E-state index is 12.1. The molecule has 0 fully saturated rings. The summed E-state index contributed by atoms with van der Waals surface area (Å²) in [6, 6.07) is 8.00. The molecule has 0 spiro atoms. The van der Waals surface area contributed by atoms with Crippen molar-refractivity contribution in [1.82, 2.24) is 14.8 Å². The largest absolute Gasteiger partial charge is 0.325 e. The van der Waals surface area contributed by atoms with Crippen molar-refractivity contribution in [2.24, 2.45) is 7.05 Å². The minimum Gasteiger partial charge on any atom is -0.325 e. The van der Waals surface area contributed by atoms with Gasteiger partial charge >= 0.3 is 0 Å². The number of thioether (sulfide) groups is 1. The number of hydrogen-bond acceptors (Lipinski definition) is 4. The smallest absolute Gasteiger partial charge is 0.234 e. The fourth-order valence-corrected chi connectivity index (χ4v) is 3.03. The molecular formula is C18H26N4OS. The first kappa shape index (κ1) is 18.5. The third-order valence-electron chi connectivity index (χ3n) is 3.87. The first-order valence-corrected chi connectivity index (χ1v) is 9.40. The van der Waals surface area contributed by atoms with Crippen molar-refractivity contribution in [3.63, 3.8) is 0 Å². The van der Waals surface area contributed by atoms with Gasteiger partial charge in [0, 0.05) is 19.2 Å². The van der Waals surface area contributed by atoms with Gasteiger partial charge < -0.3 is 9.88 Å². The van der Waals surface area contributed by atoms with Gasteiger partial charge in [-0.15, -0.1) is 10.2 Å². The van der Waals surface area contributed by atoms with E-state index in [1.54, 1.807) is 0 Å².